The van der Waals surface area contributed by atoms with Gasteiger partial charge in [0.05, 0.1) is 9.80 Å². The van der Waals surface area contributed by atoms with Crippen LogP contribution in [0.1, 0.15) is 0 Å². The van der Waals surface area contributed by atoms with E-state index in [0.717, 1.165) is 11.3 Å². The van der Waals surface area contributed by atoms with E-state index in [1.165, 1.54) is 18.5 Å². The van der Waals surface area contributed by atoms with E-state index in [-0.39, 0.29) is 5.00 Å². The zero-order chi connectivity index (χ0) is 11.5. The maximum Gasteiger partial charge on any atom is 0.324 e. The summed E-state index contributed by atoms with van der Waals surface area (Å²) in [7, 11) is 0. The van der Waals surface area contributed by atoms with Crippen molar-refractivity contribution >= 4 is 22.2 Å². The van der Waals surface area contributed by atoms with E-state index in [1.807, 2.05) is 0 Å². The highest BCUT2D eigenvalue weighted by Crippen LogP contribution is 2.33. The quantitative estimate of drug-likeness (QED) is 0.474. The molecule has 0 atom stereocenters. The number of thiophene rings is 1. The van der Waals surface area contributed by atoms with Crippen molar-refractivity contribution in [3.8, 4) is 10.6 Å². The number of nitrogens with two attached hydrogens (primary N) is 1. The van der Waals surface area contributed by atoms with Gasteiger partial charge >= 0.3 is 5.00 Å². The van der Waals surface area contributed by atoms with Crippen molar-refractivity contribution in [1.82, 2.24) is 9.97 Å². The van der Waals surface area contributed by atoms with E-state index in [0.29, 0.717) is 16.4 Å². The number of anilines is 1. The van der Waals surface area contributed by atoms with E-state index >= 15 is 0 Å². The number of nitrogens with one attached hydrogen (secondary N) is 1. The summed E-state index contributed by atoms with van der Waals surface area (Å²) in [6.45, 7) is 0. The number of hydrazine groups is 1. The summed E-state index contributed by atoms with van der Waals surface area (Å²) in [5.74, 6) is 5.66. The van der Waals surface area contributed by atoms with Crippen LogP contribution in [-0.4, -0.2) is 14.9 Å². The molecule has 2 rings (SSSR count). The average molecular weight is 237 g/mol. The van der Waals surface area contributed by atoms with Gasteiger partial charge in [0.15, 0.2) is 5.82 Å². The third-order valence-electron chi connectivity index (χ3n) is 1.84. The van der Waals surface area contributed by atoms with Gasteiger partial charge in [-0.25, -0.2) is 15.8 Å². The van der Waals surface area contributed by atoms with Gasteiger partial charge in [0, 0.05) is 18.5 Å². The highest BCUT2D eigenvalue weighted by Gasteiger charge is 2.14. The maximum atomic E-state index is 10.5. The van der Waals surface area contributed by atoms with Crippen LogP contribution in [0.3, 0.4) is 0 Å². The van der Waals surface area contributed by atoms with Gasteiger partial charge in [-0.3, -0.25) is 10.1 Å². The molecule has 3 N–H and O–H groups in total. The Morgan fingerprint density at radius 3 is 2.75 bits per heavy atom. The van der Waals surface area contributed by atoms with Crippen molar-refractivity contribution in [2.24, 2.45) is 5.84 Å². The molecular formula is C8H7N5O2S. The predicted octanol–water partition coefficient (Wildman–Crippen LogP) is 1.40. The first kappa shape index (κ1) is 10.5. The molecule has 0 unspecified atom stereocenters. The first-order valence-electron chi connectivity index (χ1n) is 4.24. The summed E-state index contributed by atoms with van der Waals surface area (Å²) in [6.07, 6.45) is 2.99. The second-order valence-corrected chi connectivity index (χ2v) is 3.86. The van der Waals surface area contributed by atoms with Crippen LogP contribution in [0.4, 0.5) is 10.8 Å². The Bertz CT molecular complexity index is 527. The number of aromatic nitrogens is 2. The van der Waals surface area contributed by atoms with Crippen molar-refractivity contribution in [3.63, 3.8) is 0 Å². The lowest BCUT2D eigenvalue weighted by Gasteiger charge is -2.02. The highest BCUT2D eigenvalue weighted by atomic mass is 32.1. The molecule has 16 heavy (non-hydrogen) atoms. The second kappa shape index (κ2) is 4.21. The SMILES string of the molecule is NNc1nccnc1-c1ccc([N+](=O)[O-])s1. The molecule has 0 fully saturated rings. The van der Waals surface area contributed by atoms with Crippen molar-refractivity contribution in [3.05, 3.63) is 34.6 Å². The standard InChI is InChI=1S/C8H7N5O2S/c9-12-8-7(10-3-4-11-8)5-1-2-6(16-5)13(14)15/h1-4H,9H2,(H,11,12). The molecule has 0 bridgehead atoms. The highest BCUT2D eigenvalue weighted by molar-refractivity contribution is 7.18. The van der Waals surface area contributed by atoms with Crippen molar-refractivity contribution in [1.29, 1.82) is 0 Å². The normalized spacial score (nSPS) is 10.1. The minimum Gasteiger partial charge on any atom is -0.307 e. The van der Waals surface area contributed by atoms with E-state index < -0.39 is 4.92 Å². The van der Waals surface area contributed by atoms with Gasteiger partial charge < -0.3 is 5.43 Å². The van der Waals surface area contributed by atoms with Crippen LogP contribution in [-0.2, 0) is 0 Å². The van der Waals surface area contributed by atoms with Crippen LogP contribution < -0.4 is 11.3 Å². The van der Waals surface area contributed by atoms with Crippen LogP contribution in [0.15, 0.2) is 24.5 Å². The molecule has 0 aliphatic rings. The fourth-order valence-electron chi connectivity index (χ4n) is 1.18. The minimum atomic E-state index is -0.444. The molecular weight excluding hydrogens is 230 g/mol. The van der Waals surface area contributed by atoms with E-state index in [2.05, 4.69) is 15.4 Å². The van der Waals surface area contributed by atoms with Gasteiger partial charge in [-0.15, -0.1) is 0 Å². The monoisotopic (exact) mass is 237 g/mol. The van der Waals surface area contributed by atoms with Gasteiger partial charge in [-0.2, -0.15) is 0 Å². The van der Waals surface area contributed by atoms with Crippen LogP contribution in [0.25, 0.3) is 10.6 Å². The zero-order valence-electron chi connectivity index (χ0n) is 7.95. The molecule has 0 spiro atoms. The molecule has 7 nitrogen and oxygen atoms in total. The lowest BCUT2D eigenvalue weighted by Crippen LogP contribution is -2.10. The molecule has 0 amide bonds. The third-order valence-corrected chi connectivity index (χ3v) is 2.88. The van der Waals surface area contributed by atoms with E-state index in [9.17, 15) is 10.1 Å². The van der Waals surface area contributed by atoms with Crippen LogP contribution in [0.5, 0.6) is 0 Å². The molecule has 0 radical (unpaired) electrons. The molecule has 2 aromatic heterocycles. The topological polar surface area (TPSA) is 107 Å². The first-order valence-corrected chi connectivity index (χ1v) is 5.06. The number of hydrogen-bond acceptors (Lipinski definition) is 7. The molecule has 0 aromatic carbocycles. The minimum absolute atomic E-state index is 0.0589. The first-order chi connectivity index (χ1) is 7.72. The fraction of sp³-hybridized carbons (Fsp3) is 0. The lowest BCUT2D eigenvalue weighted by atomic mass is 10.3. The number of rotatable bonds is 3. The maximum absolute atomic E-state index is 10.5. The van der Waals surface area contributed by atoms with Gasteiger partial charge in [-0.1, -0.05) is 11.3 Å². The molecule has 0 saturated carbocycles. The van der Waals surface area contributed by atoms with Crippen molar-refractivity contribution < 1.29 is 4.92 Å². The summed E-state index contributed by atoms with van der Waals surface area (Å²) >= 11 is 1.03. The second-order valence-electron chi connectivity index (χ2n) is 2.79. The Kier molecular flexibility index (Phi) is 2.75. The molecule has 82 valence electrons. The largest absolute Gasteiger partial charge is 0.324 e. The molecule has 0 aliphatic carbocycles. The zero-order valence-corrected chi connectivity index (χ0v) is 8.77. The van der Waals surface area contributed by atoms with Crippen LogP contribution >= 0.6 is 11.3 Å². The van der Waals surface area contributed by atoms with Gasteiger partial charge in [0.1, 0.15) is 5.69 Å². The molecule has 8 heteroatoms. The third kappa shape index (κ3) is 1.83. The Morgan fingerprint density at radius 1 is 1.38 bits per heavy atom. The summed E-state index contributed by atoms with van der Waals surface area (Å²) in [5, 5.41) is 10.6. The van der Waals surface area contributed by atoms with Crippen molar-refractivity contribution in [2.45, 2.75) is 0 Å². The van der Waals surface area contributed by atoms with Crippen LogP contribution in [0.2, 0.25) is 0 Å². The number of nitrogens with zero attached hydrogens (tertiary/aromatic N) is 3. The van der Waals surface area contributed by atoms with Gasteiger partial charge in [0.2, 0.25) is 0 Å². The Labute approximate surface area is 94.1 Å². The van der Waals surface area contributed by atoms with Crippen molar-refractivity contribution in [2.75, 3.05) is 5.43 Å². The average Bonchev–Trinajstić information content (AvgIpc) is 2.78. The Hall–Kier alpha value is -2.06. The smallest absolute Gasteiger partial charge is 0.307 e. The van der Waals surface area contributed by atoms with E-state index in [1.54, 1.807) is 6.07 Å². The lowest BCUT2D eigenvalue weighted by molar-refractivity contribution is -0.380. The molecule has 2 heterocycles. The van der Waals surface area contributed by atoms with Gasteiger partial charge in [-0.05, 0) is 6.07 Å². The summed E-state index contributed by atoms with van der Waals surface area (Å²) < 4.78 is 0. The molecule has 0 saturated heterocycles. The summed E-state index contributed by atoms with van der Waals surface area (Å²) in [6, 6.07) is 3.04. The van der Waals surface area contributed by atoms with Gasteiger partial charge in [0.25, 0.3) is 0 Å². The summed E-state index contributed by atoms with van der Waals surface area (Å²) in [5.41, 5.74) is 2.90. The Morgan fingerprint density at radius 2 is 2.12 bits per heavy atom. The summed E-state index contributed by atoms with van der Waals surface area (Å²) in [4.78, 5) is 18.8. The predicted molar refractivity (Wildman–Crippen MR) is 59.8 cm³/mol. The molecule has 2 aromatic rings. The number of nitrogen functional groups attached to an aromatic ring is 1. The Balaban J connectivity index is 2.46. The van der Waals surface area contributed by atoms with Crippen LogP contribution in [0, 0.1) is 10.1 Å². The van der Waals surface area contributed by atoms with E-state index in [4.69, 9.17) is 5.84 Å². The fourth-order valence-corrected chi connectivity index (χ4v) is 2.00. The number of nitro groups is 1. The number of hydrogen-bond donors (Lipinski definition) is 2. The molecule has 0 aliphatic heterocycles.